The second kappa shape index (κ2) is 11.3. The van der Waals surface area contributed by atoms with E-state index in [1.165, 1.54) is 6.07 Å². The average Bonchev–Trinajstić information content (AvgIpc) is 3.42. The van der Waals surface area contributed by atoms with Gasteiger partial charge in [0.25, 0.3) is 0 Å². The lowest BCUT2D eigenvalue weighted by Crippen LogP contribution is -2.35. The summed E-state index contributed by atoms with van der Waals surface area (Å²) in [5.41, 5.74) is 3.75. The third-order valence-electron chi connectivity index (χ3n) is 5.90. The number of aromatic nitrogens is 5. The summed E-state index contributed by atoms with van der Waals surface area (Å²) in [7, 11) is 0. The number of nitro benzene ring substituents is 1. The maximum absolute atomic E-state index is 11.5. The van der Waals surface area contributed by atoms with E-state index < -0.39 is 4.92 Å². The van der Waals surface area contributed by atoms with E-state index in [4.69, 9.17) is 4.63 Å². The van der Waals surface area contributed by atoms with Gasteiger partial charge in [0.15, 0.2) is 5.52 Å². The van der Waals surface area contributed by atoms with Gasteiger partial charge in [-0.3, -0.25) is 30.0 Å². The van der Waals surface area contributed by atoms with Crippen LogP contribution in [0.25, 0.3) is 11.0 Å². The number of hydrogen-bond acceptors (Lipinski definition) is 10. The first kappa shape index (κ1) is 23.9. The van der Waals surface area contributed by atoms with Crippen molar-refractivity contribution < 1.29 is 9.55 Å². The first-order valence-corrected chi connectivity index (χ1v) is 11.7. The lowest BCUT2D eigenvalue weighted by atomic mass is 10.2. The predicted octanol–water partition coefficient (Wildman–Crippen LogP) is 4.03. The fraction of sp³-hybridized carbons (Fsp3) is 0.192. The van der Waals surface area contributed by atoms with Crippen LogP contribution < -0.4 is 4.90 Å². The number of nitrogens with zero attached hydrogens (tertiary/aromatic N) is 8. The second-order valence-electron chi connectivity index (χ2n) is 8.42. The monoisotopic (exact) mass is 496 g/mol. The molecule has 1 aromatic carbocycles. The summed E-state index contributed by atoms with van der Waals surface area (Å²) < 4.78 is 4.91. The Balaban J connectivity index is 1.44. The maximum Gasteiger partial charge on any atom is 0.300 e. The Hall–Kier alpha value is -4.77. The quantitative estimate of drug-likeness (QED) is 0.195. The second-order valence-corrected chi connectivity index (χ2v) is 8.42. The smallest absolute Gasteiger partial charge is 0.300 e. The van der Waals surface area contributed by atoms with E-state index >= 15 is 0 Å². The molecular formula is C26H24N8O3. The first-order chi connectivity index (χ1) is 18.2. The van der Waals surface area contributed by atoms with Crippen LogP contribution in [-0.4, -0.2) is 48.2 Å². The number of non-ortho nitro benzene ring substituents is 1. The van der Waals surface area contributed by atoms with Gasteiger partial charge in [-0.1, -0.05) is 18.2 Å². The molecular weight excluding hydrogens is 472 g/mol. The fourth-order valence-corrected chi connectivity index (χ4v) is 4.13. The number of nitro groups is 1. The van der Waals surface area contributed by atoms with Crippen molar-refractivity contribution in [2.45, 2.75) is 19.6 Å². The summed E-state index contributed by atoms with van der Waals surface area (Å²) in [6.45, 7) is 2.98. The van der Waals surface area contributed by atoms with Gasteiger partial charge in [-0.25, -0.2) is 4.63 Å². The minimum Gasteiger partial charge on any atom is -0.362 e. The molecule has 0 fully saturated rings. The van der Waals surface area contributed by atoms with Crippen LogP contribution in [0.5, 0.6) is 0 Å². The van der Waals surface area contributed by atoms with Crippen LogP contribution in [0.1, 0.15) is 17.1 Å². The van der Waals surface area contributed by atoms with E-state index in [1.54, 1.807) is 24.7 Å². The molecule has 0 atom stereocenters. The van der Waals surface area contributed by atoms with Crippen LogP contribution in [0.4, 0.5) is 11.4 Å². The van der Waals surface area contributed by atoms with E-state index in [-0.39, 0.29) is 11.2 Å². The van der Waals surface area contributed by atoms with Gasteiger partial charge in [0.2, 0.25) is 5.52 Å². The van der Waals surface area contributed by atoms with Crippen molar-refractivity contribution in [1.29, 1.82) is 0 Å². The SMILES string of the molecule is O=[N+]([O-])c1ccc(N(CCN(Cc2ccccn2)Cc2ccccn2)Cc2ccccn2)c2nonc12. The minimum atomic E-state index is -0.485. The Labute approximate surface area is 212 Å². The molecule has 0 aliphatic carbocycles. The zero-order valence-corrected chi connectivity index (χ0v) is 19.9. The van der Waals surface area contributed by atoms with Crippen molar-refractivity contribution >= 4 is 22.4 Å². The number of hydrogen-bond donors (Lipinski definition) is 0. The minimum absolute atomic E-state index is 0.118. The lowest BCUT2D eigenvalue weighted by Gasteiger charge is -2.29. The van der Waals surface area contributed by atoms with Gasteiger partial charge in [0, 0.05) is 50.8 Å². The molecule has 0 bridgehead atoms. The number of anilines is 1. The van der Waals surface area contributed by atoms with Crippen molar-refractivity contribution in [3.05, 3.63) is 113 Å². The summed E-state index contributed by atoms with van der Waals surface area (Å²) >= 11 is 0. The van der Waals surface area contributed by atoms with Crippen molar-refractivity contribution in [3.8, 4) is 0 Å². The molecule has 4 heterocycles. The van der Waals surface area contributed by atoms with Crippen LogP contribution in [-0.2, 0) is 19.6 Å². The normalized spacial score (nSPS) is 11.2. The molecule has 186 valence electrons. The van der Waals surface area contributed by atoms with Gasteiger partial charge >= 0.3 is 5.69 Å². The molecule has 0 aliphatic rings. The predicted molar refractivity (Wildman–Crippen MR) is 136 cm³/mol. The third-order valence-corrected chi connectivity index (χ3v) is 5.90. The molecule has 37 heavy (non-hydrogen) atoms. The number of benzene rings is 1. The zero-order valence-electron chi connectivity index (χ0n) is 19.9. The standard InChI is InChI=1S/C26H24N8O3/c35-34(36)24-11-10-23(25-26(24)31-37-30-25)33(19-22-9-3-6-14-29-22)16-15-32(17-20-7-1-4-12-27-20)18-21-8-2-5-13-28-21/h1-14H,15-19H2. The molecule has 0 N–H and O–H groups in total. The summed E-state index contributed by atoms with van der Waals surface area (Å²) in [6, 6.07) is 20.6. The number of pyridine rings is 3. The highest BCUT2D eigenvalue weighted by Gasteiger charge is 2.23. The molecule has 0 unspecified atom stereocenters. The Morgan fingerprint density at radius 1 is 0.703 bits per heavy atom. The van der Waals surface area contributed by atoms with Gasteiger partial charge in [0.1, 0.15) is 0 Å². The molecule has 0 radical (unpaired) electrons. The molecule has 5 aromatic rings. The highest BCUT2D eigenvalue weighted by atomic mass is 16.6. The van der Waals surface area contributed by atoms with Crippen molar-refractivity contribution in [2.75, 3.05) is 18.0 Å². The third kappa shape index (κ3) is 5.90. The largest absolute Gasteiger partial charge is 0.362 e. The van der Waals surface area contributed by atoms with E-state index in [9.17, 15) is 10.1 Å². The van der Waals surface area contributed by atoms with Crippen LogP contribution in [0.15, 0.2) is 89.9 Å². The summed E-state index contributed by atoms with van der Waals surface area (Å²) in [5, 5.41) is 19.3. The lowest BCUT2D eigenvalue weighted by molar-refractivity contribution is -0.383. The first-order valence-electron chi connectivity index (χ1n) is 11.7. The van der Waals surface area contributed by atoms with Gasteiger partial charge in [0.05, 0.1) is 34.2 Å². The highest BCUT2D eigenvalue weighted by Crippen LogP contribution is 2.32. The van der Waals surface area contributed by atoms with Crippen LogP contribution >= 0.6 is 0 Å². The molecule has 0 aliphatic heterocycles. The van der Waals surface area contributed by atoms with Crippen LogP contribution in [0.2, 0.25) is 0 Å². The molecule has 0 saturated carbocycles. The summed E-state index contributed by atoms with van der Waals surface area (Å²) in [6.07, 6.45) is 5.31. The van der Waals surface area contributed by atoms with Crippen LogP contribution in [0, 0.1) is 10.1 Å². The Kier molecular flexibility index (Phi) is 7.32. The van der Waals surface area contributed by atoms with Crippen molar-refractivity contribution in [2.24, 2.45) is 0 Å². The highest BCUT2D eigenvalue weighted by molar-refractivity contribution is 5.93. The maximum atomic E-state index is 11.5. The molecule has 0 saturated heterocycles. The van der Waals surface area contributed by atoms with Gasteiger partial charge in [-0.05, 0) is 52.8 Å². The molecule has 11 nitrogen and oxygen atoms in total. The summed E-state index contributed by atoms with van der Waals surface area (Å²) in [5.74, 6) is 0. The van der Waals surface area contributed by atoms with Crippen LogP contribution in [0.3, 0.4) is 0 Å². The molecule has 11 heteroatoms. The summed E-state index contributed by atoms with van der Waals surface area (Å²) in [4.78, 5) is 28.8. The Bertz CT molecular complexity index is 1410. The molecule has 0 spiro atoms. The van der Waals surface area contributed by atoms with Crippen molar-refractivity contribution in [3.63, 3.8) is 0 Å². The molecule has 0 amide bonds. The van der Waals surface area contributed by atoms with E-state index in [2.05, 4.69) is 35.1 Å². The van der Waals surface area contributed by atoms with E-state index in [0.29, 0.717) is 43.9 Å². The van der Waals surface area contributed by atoms with E-state index in [1.807, 2.05) is 54.6 Å². The molecule has 4 aromatic heterocycles. The number of fused-ring (bicyclic) bond motifs is 1. The average molecular weight is 497 g/mol. The van der Waals surface area contributed by atoms with Crippen molar-refractivity contribution in [1.82, 2.24) is 30.2 Å². The fourth-order valence-electron chi connectivity index (χ4n) is 4.13. The van der Waals surface area contributed by atoms with Gasteiger partial charge in [-0.15, -0.1) is 0 Å². The van der Waals surface area contributed by atoms with Gasteiger partial charge < -0.3 is 4.90 Å². The topological polar surface area (TPSA) is 127 Å². The van der Waals surface area contributed by atoms with E-state index in [0.717, 1.165) is 17.1 Å². The van der Waals surface area contributed by atoms with Gasteiger partial charge in [-0.2, -0.15) is 0 Å². The zero-order chi connectivity index (χ0) is 25.5. The molecule has 5 rings (SSSR count). The number of rotatable bonds is 11. The Morgan fingerprint density at radius 3 is 1.81 bits per heavy atom. The Morgan fingerprint density at radius 2 is 1.27 bits per heavy atom.